The average Bonchev–Trinajstić information content (AvgIpc) is 2.69. The second kappa shape index (κ2) is 8.10. The van der Waals surface area contributed by atoms with Gasteiger partial charge in [0, 0.05) is 18.0 Å². The molecule has 140 valence electrons. The van der Waals surface area contributed by atoms with Gasteiger partial charge in [0.1, 0.15) is 5.58 Å². The Labute approximate surface area is 160 Å². The summed E-state index contributed by atoms with van der Waals surface area (Å²) in [7, 11) is 0. The summed E-state index contributed by atoms with van der Waals surface area (Å²) in [6, 6.07) is 18.7. The van der Waals surface area contributed by atoms with E-state index in [9.17, 15) is 4.79 Å². The van der Waals surface area contributed by atoms with Crippen LogP contribution in [0.3, 0.4) is 0 Å². The van der Waals surface area contributed by atoms with Crippen molar-refractivity contribution in [3.8, 4) is 0 Å². The Balaban J connectivity index is 1.44. The molecule has 2 heterocycles. The molecule has 0 unspecified atom stereocenters. The van der Waals surface area contributed by atoms with Crippen LogP contribution in [-0.4, -0.2) is 18.0 Å². The molecule has 0 bridgehead atoms. The molecule has 4 rings (SSSR count). The summed E-state index contributed by atoms with van der Waals surface area (Å²) in [5, 5.41) is 1.07. The molecule has 0 spiro atoms. The monoisotopic (exact) mass is 361 g/mol. The van der Waals surface area contributed by atoms with Gasteiger partial charge in [-0.1, -0.05) is 49.4 Å². The van der Waals surface area contributed by atoms with E-state index in [0.29, 0.717) is 0 Å². The molecule has 3 aromatic rings. The van der Waals surface area contributed by atoms with Gasteiger partial charge in [0.15, 0.2) is 0 Å². The lowest BCUT2D eigenvalue weighted by atomic mass is 9.90. The minimum absolute atomic E-state index is 0.246. The predicted molar refractivity (Wildman–Crippen MR) is 110 cm³/mol. The fourth-order valence-corrected chi connectivity index (χ4v) is 4.16. The third kappa shape index (κ3) is 4.30. The fourth-order valence-electron chi connectivity index (χ4n) is 4.16. The van der Waals surface area contributed by atoms with Crippen LogP contribution in [0, 0.1) is 5.92 Å². The first-order chi connectivity index (χ1) is 13.2. The number of fused-ring (bicyclic) bond motifs is 1. The Bertz CT molecular complexity index is 953. The number of rotatable bonds is 5. The van der Waals surface area contributed by atoms with Crippen LogP contribution in [0.5, 0.6) is 0 Å². The Hall–Kier alpha value is -2.39. The number of benzene rings is 2. The van der Waals surface area contributed by atoms with Crippen LogP contribution < -0.4 is 5.63 Å². The first-order valence-corrected chi connectivity index (χ1v) is 10.0. The third-order valence-electron chi connectivity index (χ3n) is 5.77. The van der Waals surface area contributed by atoms with Crippen molar-refractivity contribution >= 4 is 11.0 Å². The molecule has 2 aromatic carbocycles. The van der Waals surface area contributed by atoms with Crippen LogP contribution in [0.4, 0.5) is 0 Å². The van der Waals surface area contributed by atoms with Gasteiger partial charge in [-0.05, 0) is 67.4 Å². The average molecular weight is 361 g/mol. The van der Waals surface area contributed by atoms with Crippen LogP contribution in [0.25, 0.3) is 11.0 Å². The van der Waals surface area contributed by atoms with Gasteiger partial charge in [-0.15, -0.1) is 0 Å². The number of hydrogen-bond donors (Lipinski definition) is 0. The number of nitrogens with zero attached hydrogens (tertiary/aromatic N) is 1. The molecular weight excluding hydrogens is 334 g/mol. The van der Waals surface area contributed by atoms with Gasteiger partial charge < -0.3 is 4.42 Å². The molecule has 1 aliphatic rings. The maximum atomic E-state index is 12.0. The lowest BCUT2D eigenvalue weighted by Crippen LogP contribution is -2.34. The largest absolute Gasteiger partial charge is 0.423 e. The van der Waals surface area contributed by atoms with Crippen molar-refractivity contribution in [3.05, 3.63) is 81.7 Å². The molecule has 0 aliphatic carbocycles. The smallest absolute Gasteiger partial charge is 0.336 e. The molecular formula is C24H27NO2. The minimum atomic E-state index is -0.246. The summed E-state index contributed by atoms with van der Waals surface area (Å²) in [6.07, 6.45) is 4.55. The quantitative estimate of drug-likeness (QED) is 0.612. The van der Waals surface area contributed by atoms with Gasteiger partial charge in [-0.3, -0.25) is 4.90 Å². The van der Waals surface area contributed by atoms with Crippen molar-refractivity contribution in [2.45, 2.75) is 39.2 Å². The van der Waals surface area contributed by atoms with Gasteiger partial charge >= 0.3 is 5.63 Å². The molecule has 1 fully saturated rings. The summed E-state index contributed by atoms with van der Waals surface area (Å²) < 4.78 is 5.44. The van der Waals surface area contributed by atoms with Gasteiger partial charge in [0.2, 0.25) is 0 Å². The molecule has 0 radical (unpaired) electrons. The van der Waals surface area contributed by atoms with Gasteiger partial charge in [0.05, 0.1) is 0 Å². The molecule has 0 atom stereocenters. The summed E-state index contributed by atoms with van der Waals surface area (Å²) >= 11 is 0. The summed E-state index contributed by atoms with van der Waals surface area (Å²) in [4.78, 5) is 14.5. The minimum Gasteiger partial charge on any atom is -0.423 e. The first-order valence-electron chi connectivity index (χ1n) is 10.0. The van der Waals surface area contributed by atoms with Crippen LogP contribution in [0.2, 0.25) is 0 Å². The zero-order valence-electron chi connectivity index (χ0n) is 16.0. The van der Waals surface area contributed by atoms with E-state index >= 15 is 0 Å². The zero-order chi connectivity index (χ0) is 18.6. The predicted octanol–water partition coefficient (Wildman–Crippen LogP) is 4.81. The molecule has 0 saturated carbocycles. The van der Waals surface area contributed by atoms with E-state index < -0.39 is 0 Å². The highest BCUT2D eigenvalue weighted by atomic mass is 16.4. The SMILES string of the molecule is CCc1ccc2c(CN3CCC(Cc4ccccc4)CC3)cc(=O)oc2c1. The van der Waals surface area contributed by atoms with Gasteiger partial charge in [-0.25, -0.2) is 4.79 Å². The molecule has 0 amide bonds. The van der Waals surface area contributed by atoms with E-state index in [1.165, 1.54) is 30.4 Å². The highest BCUT2D eigenvalue weighted by Crippen LogP contribution is 2.25. The van der Waals surface area contributed by atoms with Gasteiger partial charge in [-0.2, -0.15) is 0 Å². The second-order valence-corrected chi connectivity index (χ2v) is 7.68. The molecule has 1 saturated heterocycles. The third-order valence-corrected chi connectivity index (χ3v) is 5.77. The Morgan fingerprint density at radius 2 is 1.78 bits per heavy atom. The number of hydrogen-bond acceptors (Lipinski definition) is 3. The van der Waals surface area contributed by atoms with Crippen LogP contribution >= 0.6 is 0 Å². The van der Waals surface area contributed by atoms with Gasteiger partial charge in [0.25, 0.3) is 0 Å². The Kier molecular flexibility index (Phi) is 5.40. The summed E-state index contributed by atoms with van der Waals surface area (Å²) in [5.41, 5.74) is 4.20. The van der Waals surface area contributed by atoms with E-state index in [2.05, 4.69) is 54.3 Å². The number of aryl methyl sites for hydroxylation is 1. The molecule has 1 aliphatic heterocycles. The molecule has 0 N–H and O–H groups in total. The first kappa shape index (κ1) is 18.0. The highest BCUT2D eigenvalue weighted by molar-refractivity contribution is 5.80. The lowest BCUT2D eigenvalue weighted by Gasteiger charge is -2.32. The van der Waals surface area contributed by atoms with E-state index in [4.69, 9.17) is 4.42 Å². The van der Waals surface area contributed by atoms with Crippen molar-refractivity contribution < 1.29 is 4.42 Å². The van der Waals surface area contributed by atoms with Crippen molar-refractivity contribution in [1.82, 2.24) is 4.90 Å². The highest BCUT2D eigenvalue weighted by Gasteiger charge is 2.20. The maximum absolute atomic E-state index is 12.0. The number of piperidine rings is 1. The van der Waals surface area contributed by atoms with Crippen LogP contribution in [0.1, 0.15) is 36.5 Å². The zero-order valence-corrected chi connectivity index (χ0v) is 16.0. The van der Waals surface area contributed by atoms with Crippen molar-refractivity contribution in [2.24, 2.45) is 5.92 Å². The molecule has 3 heteroatoms. The topological polar surface area (TPSA) is 33.5 Å². The molecule has 3 nitrogen and oxygen atoms in total. The fraction of sp³-hybridized carbons (Fsp3) is 0.375. The van der Waals surface area contributed by atoms with Crippen LogP contribution in [-0.2, 0) is 19.4 Å². The van der Waals surface area contributed by atoms with Crippen molar-refractivity contribution in [2.75, 3.05) is 13.1 Å². The molecule has 1 aromatic heterocycles. The second-order valence-electron chi connectivity index (χ2n) is 7.68. The lowest BCUT2D eigenvalue weighted by molar-refractivity contribution is 0.177. The number of likely N-dealkylation sites (tertiary alicyclic amines) is 1. The van der Waals surface area contributed by atoms with E-state index in [0.717, 1.165) is 48.5 Å². The molecule has 27 heavy (non-hydrogen) atoms. The van der Waals surface area contributed by atoms with E-state index in [-0.39, 0.29) is 5.63 Å². The van der Waals surface area contributed by atoms with Crippen LogP contribution in [0.15, 0.2) is 63.8 Å². The Morgan fingerprint density at radius 1 is 1.00 bits per heavy atom. The van der Waals surface area contributed by atoms with E-state index in [1.807, 2.05) is 6.07 Å². The maximum Gasteiger partial charge on any atom is 0.336 e. The standard InChI is InChI=1S/C24H27NO2/c1-2-18-8-9-22-21(16-24(26)27-23(22)15-18)17-25-12-10-20(11-13-25)14-19-6-4-3-5-7-19/h3-9,15-16,20H,2,10-14,17H2,1H3. The summed E-state index contributed by atoms with van der Waals surface area (Å²) in [6.45, 7) is 5.12. The van der Waals surface area contributed by atoms with E-state index in [1.54, 1.807) is 6.07 Å². The Morgan fingerprint density at radius 3 is 2.52 bits per heavy atom. The van der Waals surface area contributed by atoms with Crippen molar-refractivity contribution in [1.29, 1.82) is 0 Å². The normalized spacial score (nSPS) is 16.0. The summed E-state index contributed by atoms with van der Waals surface area (Å²) in [5.74, 6) is 0.758. The van der Waals surface area contributed by atoms with Crippen molar-refractivity contribution in [3.63, 3.8) is 0 Å².